The number of piperidine rings is 1. The van der Waals surface area contributed by atoms with E-state index >= 15 is 0 Å². The molecule has 0 radical (unpaired) electrons. The number of aliphatic carboxylic acids is 1. The van der Waals surface area contributed by atoms with Gasteiger partial charge in [0.1, 0.15) is 38.6 Å². The number of nitrogens with zero attached hydrogens (tertiary/aromatic N) is 3. The quantitative estimate of drug-likeness (QED) is 0.00938. The van der Waals surface area contributed by atoms with E-state index in [-0.39, 0.29) is 172 Å². The van der Waals surface area contributed by atoms with Crippen LogP contribution in [0, 0.1) is 0 Å². The third kappa shape index (κ3) is 57.6. The molecule has 0 saturated carbocycles. The number of carbonyl (C=O) groups is 14. The molecule has 3 heterocycles. The number of piperazine rings is 2. The largest absolute Gasteiger partial charge is 0.516 e. The van der Waals surface area contributed by atoms with Crippen molar-refractivity contribution in [2.75, 3.05) is 85.5 Å². The number of aliphatic hydroxyl groups is 3. The minimum atomic E-state index is -1.02. The van der Waals surface area contributed by atoms with Gasteiger partial charge in [-0.2, -0.15) is 0 Å². The van der Waals surface area contributed by atoms with Crippen LogP contribution in [0.25, 0.3) is 0 Å². The van der Waals surface area contributed by atoms with E-state index in [0.717, 1.165) is 40.8 Å². The van der Waals surface area contributed by atoms with Gasteiger partial charge in [-0.05, 0) is 121 Å². The van der Waals surface area contributed by atoms with Gasteiger partial charge in [0.2, 0.25) is 11.8 Å². The Morgan fingerprint density at radius 3 is 1.00 bits per heavy atom. The second-order valence-corrected chi connectivity index (χ2v) is 29.0. The number of rotatable bonds is 36. The van der Waals surface area contributed by atoms with E-state index in [1.54, 1.807) is 51.3 Å². The minimum Gasteiger partial charge on any atom is -0.481 e. The summed E-state index contributed by atoms with van der Waals surface area (Å²) < 4.78 is 52.6. The standard InChI is InChI=1S/C22H32N2O6.C17H24N2O4.2C15H18O6.C12H14O4.C6H13NO.C3H5ClO2/c1-22(2,3)30-21(28)24-13-12-23(14-18(24)15-25)19(26)10-7-11-20(27)29-16-17-8-5-4-6-9-17;20-12-15-11-19(10-9-18-15)16(21)7-4-8-17(22)23-13-14-5-2-1-3-6-14;2*1-2-19-15(18)21-14(17)10-6-9-13(16)20-11-12-7-4-3-5-8-12;13-11(14)7-4-8-12(15)16-9-10-5-2-1-3-6-10;8-5-6-3-1-2-4-7-6;1-2-6-3(4)5/h4-6,8-9,18,25H,7,10-16H2,1-3H3;1-3,5-6,15,18,20H,4,7-13H2;2*3-5,7-8H,2,6,9-11H2,1H3;1-3,5-6H,4,7-9H2,(H,13,14);6-8H,1-5H2;2H2,1H3. The fourth-order valence-corrected chi connectivity index (χ4v) is 11.1. The predicted octanol–water partition coefficient (Wildman–Crippen LogP) is 11.7. The number of benzene rings is 5. The highest BCUT2D eigenvalue weighted by Crippen LogP contribution is 2.19. The van der Waals surface area contributed by atoms with Gasteiger partial charge in [0.05, 0.1) is 45.7 Å². The Morgan fingerprint density at radius 1 is 0.384 bits per heavy atom. The molecule has 34 nitrogen and oxygen atoms in total. The molecule has 3 amide bonds. The van der Waals surface area contributed by atoms with Crippen molar-refractivity contribution in [3.63, 3.8) is 0 Å². The van der Waals surface area contributed by atoms with Gasteiger partial charge in [-0.15, -0.1) is 0 Å². The summed E-state index contributed by atoms with van der Waals surface area (Å²) >= 11 is 4.72. The molecule has 690 valence electrons. The second-order valence-electron chi connectivity index (χ2n) is 28.7. The summed E-state index contributed by atoms with van der Waals surface area (Å²) in [5.74, 6) is -4.18. The molecule has 0 aromatic heterocycles. The summed E-state index contributed by atoms with van der Waals surface area (Å²) in [6.07, 6.45) is 4.08. The summed E-state index contributed by atoms with van der Waals surface area (Å²) in [5, 5.41) is 42.2. The second kappa shape index (κ2) is 68.0. The molecule has 125 heavy (non-hydrogen) atoms. The highest BCUT2D eigenvalue weighted by Gasteiger charge is 2.35. The van der Waals surface area contributed by atoms with Crippen molar-refractivity contribution >= 4 is 95.0 Å². The van der Waals surface area contributed by atoms with Gasteiger partial charge in [0.15, 0.2) is 0 Å². The lowest BCUT2D eigenvalue weighted by atomic mass is 10.1. The van der Waals surface area contributed by atoms with Crippen molar-refractivity contribution in [3.05, 3.63) is 179 Å². The first kappa shape index (κ1) is 110. The van der Waals surface area contributed by atoms with Crippen LogP contribution in [0.15, 0.2) is 152 Å². The van der Waals surface area contributed by atoms with Crippen LogP contribution in [0.4, 0.5) is 19.2 Å². The average molecular weight is 1780 g/mol. The maximum atomic E-state index is 12.5. The Kier molecular flexibility index (Phi) is 59.6. The first-order valence-electron chi connectivity index (χ1n) is 41.6. The Hall–Kier alpha value is -11.4. The first-order valence-corrected chi connectivity index (χ1v) is 42.0. The maximum Gasteiger partial charge on any atom is 0.516 e. The van der Waals surface area contributed by atoms with Crippen molar-refractivity contribution in [2.24, 2.45) is 0 Å². The van der Waals surface area contributed by atoms with Crippen molar-refractivity contribution in [1.82, 2.24) is 25.3 Å². The van der Waals surface area contributed by atoms with Crippen LogP contribution in [0.2, 0.25) is 0 Å². The molecule has 3 unspecified atom stereocenters. The van der Waals surface area contributed by atoms with Crippen molar-refractivity contribution in [2.45, 2.75) is 214 Å². The molecule has 8 rings (SSSR count). The summed E-state index contributed by atoms with van der Waals surface area (Å²) in [5.41, 5.74) is 3.22. The summed E-state index contributed by atoms with van der Waals surface area (Å²) in [7, 11) is 0. The van der Waals surface area contributed by atoms with Crippen LogP contribution in [-0.4, -0.2) is 228 Å². The first-order chi connectivity index (χ1) is 60.0. The number of carboxylic acid groups (broad SMARTS) is 1. The fraction of sp³-hybridized carbons (Fsp3) is 0.511. The van der Waals surface area contributed by atoms with E-state index in [1.165, 1.54) is 17.7 Å². The maximum absolute atomic E-state index is 12.5. The van der Waals surface area contributed by atoms with E-state index in [2.05, 4.69) is 34.3 Å². The van der Waals surface area contributed by atoms with Crippen LogP contribution < -0.4 is 10.6 Å². The van der Waals surface area contributed by atoms with Crippen molar-refractivity contribution in [1.29, 1.82) is 0 Å². The van der Waals surface area contributed by atoms with Gasteiger partial charge >= 0.3 is 71.6 Å². The third-order valence-electron chi connectivity index (χ3n) is 17.4. The normalized spacial score (nSPS) is 14.2. The molecule has 5 aromatic rings. The van der Waals surface area contributed by atoms with Crippen LogP contribution >= 0.6 is 11.6 Å². The molecule has 35 heteroatoms. The number of carbonyl (C=O) groups excluding carboxylic acids is 13. The lowest BCUT2D eigenvalue weighted by Crippen LogP contribution is -2.58. The van der Waals surface area contributed by atoms with Gasteiger partial charge in [-0.3, -0.25) is 52.8 Å². The van der Waals surface area contributed by atoms with Crippen molar-refractivity contribution < 1.29 is 140 Å². The third-order valence-corrected chi connectivity index (χ3v) is 17.5. The summed E-state index contributed by atoms with van der Waals surface area (Å²) in [6, 6.07) is 46.7. The predicted molar refractivity (Wildman–Crippen MR) is 456 cm³/mol. The summed E-state index contributed by atoms with van der Waals surface area (Å²) in [4.78, 5) is 163. The van der Waals surface area contributed by atoms with E-state index in [1.807, 2.05) is 152 Å². The monoisotopic (exact) mass is 1770 g/mol. The molecule has 3 atom stereocenters. The highest BCUT2D eigenvalue weighted by atomic mass is 35.5. The number of halogens is 1. The Balaban J connectivity index is 0.000000514. The van der Waals surface area contributed by atoms with Gasteiger partial charge < -0.3 is 93.0 Å². The molecule has 3 aliphatic rings. The topological polar surface area (TPSA) is 455 Å². The lowest BCUT2D eigenvalue weighted by molar-refractivity contribution is -0.147. The van der Waals surface area contributed by atoms with Gasteiger partial charge in [-0.1, -0.05) is 158 Å². The molecule has 5 aromatic carbocycles. The van der Waals surface area contributed by atoms with E-state index in [9.17, 15) is 72.2 Å². The smallest absolute Gasteiger partial charge is 0.481 e. The van der Waals surface area contributed by atoms with E-state index in [0.29, 0.717) is 77.7 Å². The molecule has 0 aliphatic carbocycles. The molecular weight excluding hydrogens is 1650 g/mol. The summed E-state index contributed by atoms with van der Waals surface area (Å²) in [6.45, 7) is 15.9. The number of amides is 3. The van der Waals surface area contributed by atoms with E-state index < -0.39 is 65.3 Å². The number of carboxylic acids is 1. The minimum absolute atomic E-state index is 0.000434. The van der Waals surface area contributed by atoms with Gasteiger partial charge in [0.25, 0.3) is 0 Å². The number of esters is 7. The SMILES string of the molecule is CC(C)(C)OC(=O)N1CCN(C(=O)CCCC(=O)OCc2ccccc2)CC1CO.CCOC(=O)Cl.CCOC(=O)OC(=O)CCCC(=O)OCc1ccccc1.CCOC(=O)OC(=O)CCCC(=O)OCc1ccccc1.O=C(CCCC(=O)N1CCNC(CO)C1)OCc1ccccc1.O=C(O)CCCC(=O)OCc1ccccc1.OCC1CCCCN1. The number of aliphatic hydroxyl groups excluding tert-OH is 3. The molecule has 0 spiro atoms. The highest BCUT2D eigenvalue weighted by molar-refractivity contribution is 6.61. The number of hydrogen-bond acceptors (Lipinski definition) is 30. The number of hydrogen-bond donors (Lipinski definition) is 6. The molecular formula is C90H124ClN5O29. The Morgan fingerprint density at radius 2 is 0.712 bits per heavy atom. The van der Waals surface area contributed by atoms with Crippen molar-refractivity contribution in [3.8, 4) is 0 Å². The zero-order valence-electron chi connectivity index (χ0n) is 72.3. The zero-order valence-corrected chi connectivity index (χ0v) is 73.1. The molecule has 3 aliphatic heterocycles. The van der Waals surface area contributed by atoms with Gasteiger partial charge in [0, 0.05) is 127 Å². The zero-order chi connectivity index (χ0) is 92.3. The van der Waals surface area contributed by atoms with Crippen LogP contribution in [-0.2, 0) is 133 Å². The van der Waals surface area contributed by atoms with Crippen LogP contribution in [0.5, 0.6) is 0 Å². The molecule has 6 N–H and O–H groups in total. The lowest BCUT2D eigenvalue weighted by Gasteiger charge is -2.41. The van der Waals surface area contributed by atoms with Crippen LogP contribution in [0.3, 0.4) is 0 Å². The molecule has 3 saturated heterocycles. The molecule has 0 bridgehead atoms. The average Bonchev–Trinajstić information content (AvgIpc) is 0.825. The Labute approximate surface area is 735 Å². The Bertz CT molecular complexity index is 3830. The number of ether oxygens (including phenoxy) is 11. The van der Waals surface area contributed by atoms with Gasteiger partial charge in [-0.25, -0.2) is 19.2 Å². The number of nitrogens with one attached hydrogen (secondary N) is 2. The van der Waals surface area contributed by atoms with E-state index in [4.69, 9.17) is 55.3 Å². The fourth-order valence-electron chi connectivity index (χ4n) is 11.0. The van der Waals surface area contributed by atoms with Crippen LogP contribution in [0.1, 0.15) is 185 Å². The molecule has 3 fully saturated rings.